The van der Waals surface area contributed by atoms with Gasteiger partial charge < -0.3 is 9.30 Å². The highest BCUT2D eigenvalue weighted by Crippen LogP contribution is 2.25. The second kappa shape index (κ2) is 9.84. The molecule has 0 unspecified atom stereocenters. The SMILES string of the molecule is CCCn1c(COC(=O)c2ccccc2SCC)nc2cc(S(=O)(=O)N(C)C)ccc21. The van der Waals surface area contributed by atoms with Crippen LogP contribution in [0.5, 0.6) is 0 Å². The number of carbonyl (C=O) groups excluding carboxylic acids is 1. The van der Waals surface area contributed by atoms with Crippen LogP contribution >= 0.6 is 11.8 Å². The number of aryl methyl sites for hydroxylation is 1. The molecule has 0 amide bonds. The monoisotopic (exact) mass is 461 g/mol. The third-order valence-corrected chi connectivity index (χ3v) is 7.53. The first kappa shape index (κ1) is 23.3. The maximum Gasteiger partial charge on any atom is 0.339 e. The summed E-state index contributed by atoms with van der Waals surface area (Å²) in [5.41, 5.74) is 1.91. The zero-order chi connectivity index (χ0) is 22.6. The molecule has 31 heavy (non-hydrogen) atoms. The highest BCUT2D eigenvalue weighted by molar-refractivity contribution is 7.99. The molecule has 166 valence electrons. The van der Waals surface area contributed by atoms with E-state index in [9.17, 15) is 13.2 Å². The molecule has 1 aromatic heterocycles. The second-order valence-corrected chi connectivity index (χ2v) is 10.6. The van der Waals surface area contributed by atoms with Crippen LogP contribution in [-0.4, -0.2) is 48.1 Å². The fourth-order valence-electron chi connectivity index (χ4n) is 3.24. The summed E-state index contributed by atoms with van der Waals surface area (Å²) >= 11 is 1.59. The van der Waals surface area contributed by atoms with Crippen molar-refractivity contribution in [3.05, 3.63) is 53.9 Å². The third kappa shape index (κ3) is 4.94. The summed E-state index contributed by atoms with van der Waals surface area (Å²) in [5.74, 6) is 1.04. The summed E-state index contributed by atoms with van der Waals surface area (Å²) in [6.07, 6.45) is 0.861. The van der Waals surface area contributed by atoms with Gasteiger partial charge in [0.05, 0.1) is 21.5 Å². The van der Waals surface area contributed by atoms with E-state index < -0.39 is 16.0 Å². The van der Waals surface area contributed by atoms with E-state index in [1.54, 1.807) is 36.0 Å². The predicted molar refractivity (Wildman–Crippen MR) is 123 cm³/mol. The lowest BCUT2D eigenvalue weighted by atomic mass is 10.2. The van der Waals surface area contributed by atoms with Crippen LogP contribution in [0.15, 0.2) is 52.3 Å². The summed E-state index contributed by atoms with van der Waals surface area (Å²) in [5, 5.41) is 0. The maximum atomic E-state index is 12.7. The number of imidazole rings is 1. The summed E-state index contributed by atoms with van der Waals surface area (Å²) in [6, 6.07) is 12.3. The van der Waals surface area contributed by atoms with Crippen molar-refractivity contribution >= 4 is 38.8 Å². The number of aromatic nitrogens is 2. The topological polar surface area (TPSA) is 81.5 Å². The van der Waals surface area contributed by atoms with E-state index >= 15 is 0 Å². The average Bonchev–Trinajstić information content (AvgIpc) is 3.09. The molecule has 0 fully saturated rings. The Balaban J connectivity index is 1.91. The highest BCUT2D eigenvalue weighted by Gasteiger charge is 2.20. The molecule has 3 rings (SSSR count). The minimum Gasteiger partial charge on any atom is -0.454 e. The quantitative estimate of drug-likeness (QED) is 0.351. The molecule has 7 nitrogen and oxygen atoms in total. The van der Waals surface area contributed by atoms with E-state index in [0.29, 0.717) is 23.4 Å². The van der Waals surface area contributed by atoms with Gasteiger partial charge in [0, 0.05) is 25.5 Å². The molecule has 0 N–H and O–H groups in total. The Kier molecular flexibility index (Phi) is 7.40. The van der Waals surface area contributed by atoms with Gasteiger partial charge in [-0.2, -0.15) is 0 Å². The number of fused-ring (bicyclic) bond motifs is 1. The van der Waals surface area contributed by atoms with Gasteiger partial charge in [0.2, 0.25) is 10.0 Å². The average molecular weight is 462 g/mol. The third-order valence-electron chi connectivity index (χ3n) is 4.76. The number of nitrogens with zero attached hydrogens (tertiary/aromatic N) is 3. The molecular formula is C22H27N3O4S2. The van der Waals surface area contributed by atoms with Crippen LogP contribution in [-0.2, 0) is 27.9 Å². The minimum absolute atomic E-state index is 0.00834. The lowest BCUT2D eigenvalue weighted by Crippen LogP contribution is -2.22. The molecule has 3 aromatic rings. The molecule has 0 spiro atoms. The Labute approximate surface area is 187 Å². The number of thioether (sulfide) groups is 1. The lowest BCUT2D eigenvalue weighted by Gasteiger charge is -2.11. The number of hydrogen-bond acceptors (Lipinski definition) is 6. The first-order valence-corrected chi connectivity index (χ1v) is 12.5. The number of esters is 1. The number of hydrogen-bond donors (Lipinski definition) is 0. The van der Waals surface area contributed by atoms with E-state index in [1.165, 1.54) is 18.4 Å². The molecule has 0 saturated heterocycles. The minimum atomic E-state index is -3.56. The predicted octanol–water partition coefficient (Wildman–Crippen LogP) is 4.17. The molecule has 0 aliphatic rings. The molecule has 0 aliphatic heterocycles. The number of ether oxygens (including phenoxy) is 1. The highest BCUT2D eigenvalue weighted by atomic mass is 32.2. The first-order chi connectivity index (χ1) is 14.8. The van der Waals surface area contributed by atoms with Crippen molar-refractivity contribution in [1.29, 1.82) is 0 Å². The number of benzene rings is 2. The van der Waals surface area contributed by atoms with Crippen LogP contribution in [0.3, 0.4) is 0 Å². The standard InChI is InChI=1S/C22H27N3O4S2/c1-5-13-25-19-12-11-16(31(27,28)24(3)4)14-18(19)23-21(25)15-29-22(26)17-9-7-8-10-20(17)30-6-2/h7-12,14H,5-6,13,15H2,1-4H3. The van der Waals surface area contributed by atoms with Crippen molar-refractivity contribution in [3.8, 4) is 0 Å². The van der Waals surface area contributed by atoms with Crippen LogP contribution in [0, 0.1) is 0 Å². The van der Waals surface area contributed by atoms with Crippen molar-refractivity contribution in [1.82, 2.24) is 13.9 Å². The van der Waals surface area contributed by atoms with Gasteiger partial charge >= 0.3 is 5.97 Å². The molecule has 0 aliphatic carbocycles. The van der Waals surface area contributed by atoms with Crippen LogP contribution < -0.4 is 0 Å². The number of rotatable bonds is 9. The lowest BCUT2D eigenvalue weighted by molar-refractivity contribution is 0.0454. The van der Waals surface area contributed by atoms with Gasteiger partial charge in [-0.05, 0) is 42.5 Å². The van der Waals surface area contributed by atoms with Crippen molar-refractivity contribution in [3.63, 3.8) is 0 Å². The fourth-order valence-corrected chi connectivity index (χ4v) is 4.95. The molecule has 0 atom stereocenters. The van der Waals surface area contributed by atoms with Crippen molar-refractivity contribution in [2.45, 2.75) is 43.2 Å². The van der Waals surface area contributed by atoms with E-state index in [0.717, 1.165) is 22.6 Å². The Morgan fingerprint density at radius 1 is 1.16 bits per heavy atom. The van der Waals surface area contributed by atoms with Gasteiger partial charge in [-0.15, -0.1) is 11.8 Å². The molecule has 9 heteroatoms. The van der Waals surface area contributed by atoms with E-state index in [4.69, 9.17) is 4.74 Å². The van der Waals surface area contributed by atoms with Crippen molar-refractivity contribution in [2.75, 3.05) is 19.8 Å². The zero-order valence-corrected chi connectivity index (χ0v) is 19.8. The van der Waals surface area contributed by atoms with Crippen LogP contribution in [0.25, 0.3) is 11.0 Å². The summed E-state index contributed by atoms with van der Waals surface area (Å²) in [7, 11) is -0.570. The fraction of sp³-hybridized carbons (Fsp3) is 0.364. The van der Waals surface area contributed by atoms with Gasteiger partial charge in [-0.25, -0.2) is 22.5 Å². The molecule has 2 aromatic carbocycles. The van der Waals surface area contributed by atoms with E-state index in [2.05, 4.69) is 4.98 Å². The van der Waals surface area contributed by atoms with Gasteiger partial charge in [0.25, 0.3) is 0 Å². The number of carbonyl (C=O) groups is 1. The largest absolute Gasteiger partial charge is 0.454 e. The summed E-state index contributed by atoms with van der Waals surface area (Å²) in [4.78, 5) is 18.4. The first-order valence-electron chi connectivity index (χ1n) is 10.1. The Morgan fingerprint density at radius 3 is 2.58 bits per heavy atom. The molecular weight excluding hydrogens is 434 g/mol. The van der Waals surface area contributed by atoms with Crippen LogP contribution in [0.1, 0.15) is 36.5 Å². The van der Waals surface area contributed by atoms with Crippen LogP contribution in [0.2, 0.25) is 0 Å². The van der Waals surface area contributed by atoms with Gasteiger partial charge in [0.1, 0.15) is 12.4 Å². The van der Waals surface area contributed by atoms with Crippen molar-refractivity contribution < 1.29 is 17.9 Å². The molecule has 0 radical (unpaired) electrons. The Hall–Kier alpha value is -2.36. The normalized spacial score (nSPS) is 11.9. The molecule has 1 heterocycles. The van der Waals surface area contributed by atoms with Gasteiger partial charge in [-0.1, -0.05) is 26.0 Å². The summed E-state index contributed by atoms with van der Waals surface area (Å²) in [6.45, 7) is 4.77. The maximum absolute atomic E-state index is 12.7. The van der Waals surface area contributed by atoms with Gasteiger partial charge in [-0.3, -0.25) is 0 Å². The zero-order valence-electron chi connectivity index (χ0n) is 18.2. The molecule has 0 bridgehead atoms. The van der Waals surface area contributed by atoms with E-state index in [-0.39, 0.29) is 11.5 Å². The molecule has 0 saturated carbocycles. The number of sulfonamides is 1. The smallest absolute Gasteiger partial charge is 0.339 e. The summed E-state index contributed by atoms with van der Waals surface area (Å²) < 4.78 is 33.7. The van der Waals surface area contributed by atoms with E-state index in [1.807, 2.05) is 36.6 Å². The van der Waals surface area contributed by atoms with Gasteiger partial charge in [0.15, 0.2) is 0 Å². The van der Waals surface area contributed by atoms with Crippen molar-refractivity contribution in [2.24, 2.45) is 0 Å². The Bertz CT molecular complexity index is 1190. The Morgan fingerprint density at radius 2 is 1.90 bits per heavy atom. The van der Waals surface area contributed by atoms with Crippen LogP contribution in [0.4, 0.5) is 0 Å². The second-order valence-electron chi connectivity index (χ2n) is 7.12.